The zero-order valence-corrected chi connectivity index (χ0v) is 14.7. The molecule has 4 heteroatoms. The largest absolute Gasteiger partial charge is 0.497 e. The molecule has 0 radical (unpaired) electrons. The molecule has 3 rings (SSSR count). The molecule has 1 heterocycles. The fourth-order valence-electron chi connectivity index (χ4n) is 3.00. The number of ketones is 1. The molecule has 0 bridgehead atoms. The lowest BCUT2D eigenvalue weighted by Crippen LogP contribution is -2.07. The summed E-state index contributed by atoms with van der Waals surface area (Å²) in [6.07, 6.45) is 4.14. The van der Waals surface area contributed by atoms with Gasteiger partial charge in [-0.3, -0.25) is 9.78 Å². The molecule has 0 saturated heterocycles. The molecule has 26 heavy (non-hydrogen) atoms. The number of aliphatic hydroxyl groups excluding tert-OH is 1. The number of carbonyl (C=O) groups is 1. The molecule has 3 aromatic rings. The summed E-state index contributed by atoms with van der Waals surface area (Å²) in [5, 5.41) is 9.72. The second-order valence-corrected chi connectivity index (χ2v) is 6.13. The van der Waals surface area contributed by atoms with Crippen molar-refractivity contribution in [1.82, 2.24) is 4.98 Å². The van der Waals surface area contributed by atoms with Gasteiger partial charge in [0, 0.05) is 25.2 Å². The van der Waals surface area contributed by atoms with Gasteiger partial charge in [0.15, 0.2) is 0 Å². The normalized spacial score (nSPS) is 10.5. The lowest BCUT2D eigenvalue weighted by Gasteiger charge is -2.10. The van der Waals surface area contributed by atoms with Crippen LogP contribution in [0.1, 0.15) is 16.7 Å². The molecule has 0 atom stereocenters. The van der Waals surface area contributed by atoms with Crippen LogP contribution in [0.5, 0.6) is 5.75 Å². The molecule has 0 aliphatic carbocycles. The van der Waals surface area contributed by atoms with Crippen molar-refractivity contribution < 1.29 is 14.6 Å². The van der Waals surface area contributed by atoms with E-state index in [1.807, 2.05) is 54.6 Å². The first kappa shape index (κ1) is 17.8. The molecule has 0 fully saturated rings. The predicted molar refractivity (Wildman–Crippen MR) is 101 cm³/mol. The quantitative estimate of drug-likeness (QED) is 0.709. The van der Waals surface area contributed by atoms with E-state index in [1.54, 1.807) is 19.5 Å². The zero-order valence-electron chi connectivity index (χ0n) is 14.7. The number of rotatable bonds is 7. The number of Topliss-reactive ketones (excluding diaryl/α,β-unsaturated/α-hetero) is 1. The maximum atomic E-state index is 12.4. The first-order chi connectivity index (χ1) is 12.7. The summed E-state index contributed by atoms with van der Waals surface area (Å²) in [5.74, 6) is 0.873. The van der Waals surface area contributed by atoms with Gasteiger partial charge < -0.3 is 9.84 Å². The third-order valence-electron chi connectivity index (χ3n) is 4.27. The number of aliphatic hydroxyl groups is 1. The van der Waals surface area contributed by atoms with Crippen LogP contribution in [-0.4, -0.2) is 23.0 Å². The number of methoxy groups -OCH3 is 1. The van der Waals surface area contributed by atoms with Crippen LogP contribution < -0.4 is 4.74 Å². The summed E-state index contributed by atoms with van der Waals surface area (Å²) in [7, 11) is 1.61. The van der Waals surface area contributed by atoms with E-state index >= 15 is 0 Å². The summed E-state index contributed by atoms with van der Waals surface area (Å²) < 4.78 is 5.20. The first-order valence-corrected chi connectivity index (χ1v) is 8.47. The van der Waals surface area contributed by atoms with Gasteiger partial charge in [0.2, 0.25) is 0 Å². The SMILES string of the molecule is COc1cccc(CC(=O)Cc2ccc(-c3ccncc3)c(CO)c2)c1. The van der Waals surface area contributed by atoms with Crippen molar-refractivity contribution in [3.8, 4) is 16.9 Å². The van der Waals surface area contributed by atoms with Gasteiger partial charge in [-0.1, -0.05) is 30.3 Å². The monoisotopic (exact) mass is 347 g/mol. The van der Waals surface area contributed by atoms with Gasteiger partial charge in [0.1, 0.15) is 11.5 Å². The number of benzene rings is 2. The molecule has 1 N–H and O–H groups in total. The highest BCUT2D eigenvalue weighted by Crippen LogP contribution is 2.25. The minimum Gasteiger partial charge on any atom is -0.497 e. The topological polar surface area (TPSA) is 59.4 Å². The van der Waals surface area contributed by atoms with Crippen molar-refractivity contribution in [3.05, 3.63) is 83.7 Å². The van der Waals surface area contributed by atoms with E-state index in [0.717, 1.165) is 33.6 Å². The maximum absolute atomic E-state index is 12.4. The minimum absolute atomic E-state index is 0.0738. The summed E-state index contributed by atoms with van der Waals surface area (Å²) in [4.78, 5) is 16.4. The van der Waals surface area contributed by atoms with E-state index in [0.29, 0.717) is 12.8 Å². The fraction of sp³-hybridized carbons (Fsp3) is 0.182. The molecular formula is C22H21NO3. The van der Waals surface area contributed by atoms with Crippen LogP contribution in [0, 0.1) is 0 Å². The third kappa shape index (κ3) is 4.35. The number of nitrogens with zero attached hydrogens (tertiary/aromatic N) is 1. The third-order valence-corrected chi connectivity index (χ3v) is 4.27. The molecule has 0 amide bonds. The Labute approximate surface area is 153 Å². The van der Waals surface area contributed by atoms with Crippen LogP contribution >= 0.6 is 0 Å². The van der Waals surface area contributed by atoms with E-state index in [1.165, 1.54) is 0 Å². The smallest absolute Gasteiger partial charge is 0.141 e. The van der Waals surface area contributed by atoms with E-state index < -0.39 is 0 Å². The van der Waals surface area contributed by atoms with Crippen molar-refractivity contribution in [2.75, 3.05) is 7.11 Å². The number of carbonyl (C=O) groups excluding carboxylic acids is 1. The van der Waals surface area contributed by atoms with Crippen LogP contribution in [0.2, 0.25) is 0 Å². The summed E-state index contributed by atoms with van der Waals surface area (Å²) in [6, 6.07) is 17.2. The Hall–Kier alpha value is -2.98. The van der Waals surface area contributed by atoms with Gasteiger partial charge in [-0.05, 0) is 52.1 Å². The van der Waals surface area contributed by atoms with Gasteiger partial charge >= 0.3 is 0 Å². The molecule has 1 aromatic heterocycles. The number of aromatic nitrogens is 1. The van der Waals surface area contributed by atoms with E-state index in [-0.39, 0.29) is 12.4 Å². The standard InChI is InChI=1S/C22H21NO3/c1-26-21-4-2-3-16(14-21)12-20(25)13-17-5-6-22(19(11-17)15-24)18-7-9-23-10-8-18/h2-11,14,24H,12-13,15H2,1H3. The molecule has 2 aromatic carbocycles. The average molecular weight is 347 g/mol. The molecule has 0 saturated carbocycles. The van der Waals surface area contributed by atoms with Crippen LogP contribution in [0.15, 0.2) is 67.0 Å². The molecule has 0 spiro atoms. The number of pyridine rings is 1. The average Bonchev–Trinajstić information content (AvgIpc) is 2.68. The molecule has 0 aliphatic rings. The lowest BCUT2D eigenvalue weighted by molar-refractivity contribution is -0.117. The van der Waals surface area contributed by atoms with Crippen LogP contribution in [0.4, 0.5) is 0 Å². The Morgan fingerprint density at radius 3 is 2.42 bits per heavy atom. The van der Waals surface area contributed by atoms with Gasteiger partial charge in [-0.15, -0.1) is 0 Å². The second-order valence-electron chi connectivity index (χ2n) is 6.13. The van der Waals surface area contributed by atoms with E-state index in [9.17, 15) is 9.90 Å². The Bertz CT molecular complexity index is 891. The Morgan fingerprint density at radius 1 is 1.00 bits per heavy atom. The van der Waals surface area contributed by atoms with Gasteiger partial charge in [0.05, 0.1) is 13.7 Å². The Kier molecular flexibility index (Phi) is 5.77. The van der Waals surface area contributed by atoms with Crippen molar-refractivity contribution in [2.45, 2.75) is 19.4 Å². The van der Waals surface area contributed by atoms with Crippen LogP contribution in [0.25, 0.3) is 11.1 Å². The second kappa shape index (κ2) is 8.41. The Balaban J connectivity index is 1.74. The summed E-state index contributed by atoms with van der Waals surface area (Å²) in [5.41, 5.74) is 4.60. The molecule has 0 unspecified atom stereocenters. The van der Waals surface area contributed by atoms with E-state index in [4.69, 9.17) is 4.74 Å². The highest BCUT2D eigenvalue weighted by Gasteiger charge is 2.10. The highest BCUT2D eigenvalue weighted by molar-refractivity contribution is 5.83. The molecular weight excluding hydrogens is 326 g/mol. The molecule has 132 valence electrons. The van der Waals surface area contributed by atoms with E-state index in [2.05, 4.69) is 4.98 Å². The molecule has 4 nitrogen and oxygen atoms in total. The maximum Gasteiger partial charge on any atom is 0.141 e. The molecule has 0 aliphatic heterocycles. The van der Waals surface area contributed by atoms with Crippen molar-refractivity contribution >= 4 is 5.78 Å². The minimum atomic E-state index is -0.0738. The van der Waals surface area contributed by atoms with Gasteiger partial charge in [-0.25, -0.2) is 0 Å². The highest BCUT2D eigenvalue weighted by atomic mass is 16.5. The van der Waals surface area contributed by atoms with Crippen LogP contribution in [0.3, 0.4) is 0 Å². The van der Waals surface area contributed by atoms with Crippen molar-refractivity contribution in [2.24, 2.45) is 0 Å². The lowest BCUT2D eigenvalue weighted by atomic mass is 9.95. The predicted octanol–water partition coefficient (Wildman–Crippen LogP) is 3.60. The Morgan fingerprint density at radius 2 is 1.73 bits per heavy atom. The fourth-order valence-corrected chi connectivity index (χ4v) is 3.00. The van der Waals surface area contributed by atoms with Crippen molar-refractivity contribution in [1.29, 1.82) is 0 Å². The summed E-state index contributed by atoms with van der Waals surface area (Å²) >= 11 is 0. The number of ether oxygens (including phenoxy) is 1. The first-order valence-electron chi connectivity index (χ1n) is 8.47. The van der Waals surface area contributed by atoms with Crippen molar-refractivity contribution in [3.63, 3.8) is 0 Å². The van der Waals surface area contributed by atoms with Gasteiger partial charge in [0.25, 0.3) is 0 Å². The van der Waals surface area contributed by atoms with Gasteiger partial charge in [-0.2, -0.15) is 0 Å². The zero-order chi connectivity index (χ0) is 18.4. The summed E-state index contributed by atoms with van der Waals surface area (Å²) in [6.45, 7) is -0.0738. The number of hydrogen-bond donors (Lipinski definition) is 1. The van der Waals surface area contributed by atoms with Crippen LogP contribution in [-0.2, 0) is 24.2 Å². The number of hydrogen-bond acceptors (Lipinski definition) is 4.